The lowest BCUT2D eigenvalue weighted by Gasteiger charge is -2.17. The molecule has 2 aliphatic rings. The zero-order valence-corrected chi connectivity index (χ0v) is 13.5. The third-order valence-corrected chi connectivity index (χ3v) is 4.74. The van der Waals surface area contributed by atoms with Gasteiger partial charge in [0.2, 0.25) is 5.91 Å². The van der Waals surface area contributed by atoms with Crippen LogP contribution in [0.25, 0.3) is 0 Å². The molecule has 1 N–H and O–H groups in total. The van der Waals surface area contributed by atoms with Gasteiger partial charge in [0.1, 0.15) is 5.75 Å². The van der Waals surface area contributed by atoms with Crippen molar-refractivity contribution >= 4 is 5.91 Å². The normalized spacial score (nSPS) is 26.5. The fraction of sp³-hybridized carbons (Fsp3) is 0.588. The van der Waals surface area contributed by atoms with E-state index in [9.17, 15) is 18.0 Å². The number of ether oxygens (including phenoxy) is 1. The van der Waals surface area contributed by atoms with Gasteiger partial charge in [-0.15, -0.1) is 13.2 Å². The van der Waals surface area contributed by atoms with Gasteiger partial charge in [0.25, 0.3) is 0 Å². The van der Waals surface area contributed by atoms with Gasteiger partial charge in [0.15, 0.2) is 0 Å². The number of amides is 1. The first-order valence-electron chi connectivity index (χ1n) is 8.17. The number of likely N-dealkylation sites (tertiary alicyclic amines) is 1. The SMILES string of the molecule is CNCC1CCN(C(=O)C2CC2c2ccccc2OC(F)(F)F)C1. The molecular weight excluding hydrogens is 321 g/mol. The molecule has 1 saturated carbocycles. The minimum absolute atomic E-state index is 0.0559. The van der Waals surface area contributed by atoms with Crippen molar-refractivity contribution in [2.45, 2.75) is 25.1 Å². The summed E-state index contributed by atoms with van der Waals surface area (Å²) in [6.07, 6.45) is -3.16. The summed E-state index contributed by atoms with van der Waals surface area (Å²) in [6, 6.07) is 6.11. The van der Waals surface area contributed by atoms with Gasteiger partial charge in [-0.1, -0.05) is 18.2 Å². The van der Waals surface area contributed by atoms with E-state index in [-0.39, 0.29) is 23.5 Å². The summed E-state index contributed by atoms with van der Waals surface area (Å²) in [5.74, 6) is -0.0899. The largest absolute Gasteiger partial charge is 0.573 e. The van der Waals surface area contributed by atoms with Crippen molar-refractivity contribution in [2.75, 3.05) is 26.7 Å². The minimum atomic E-state index is -4.72. The second kappa shape index (κ2) is 6.63. The van der Waals surface area contributed by atoms with Gasteiger partial charge in [-0.05, 0) is 49.9 Å². The van der Waals surface area contributed by atoms with Crippen LogP contribution < -0.4 is 10.1 Å². The summed E-state index contributed by atoms with van der Waals surface area (Å²) < 4.78 is 41.7. The predicted octanol–water partition coefficient (Wildman–Crippen LogP) is 2.76. The van der Waals surface area contributed by atoms with Crippen molar-refractivity contribution < 1.29 is 22.7 Å². The van der Waals surface area contributed by atoms with E-state index >= 15 is 0 Å². The van der Waals surface area contributed by atoms with E-state index in [0.717, 1.165) is 26.1 Å². The van der Waals surface area contributed by atoms with Crippen LogP contribution in [0.5, 0.6) is 5.75 Å². The Bertz CT molecular complexity index is 606. The number of nitrogens with one attached hydrogen (secondary N) is 1. The van der Waals surface area contributed by atoms with Gasteiger partial charge in [-0.2, -0.15) is 0 Å². The van der Waals surface area contributed by atoms with Gasteiger partial charge in [-0.25, -0.2) is 0 Å². The highest BCUT2D eigenvalue weighted by molar-refractivity contribution is 5.83. The first kappa shape index (κ1) is 17.1. The summed E-state index contributed by atoms with van der Waals surface area (Å²) in [4.78, 5) is 14.4. The molecule has 0 aromatic heterocycles. The highest BCUT2D eigenvalue weighted by atomic mass is 19.4. The molecule has 132 valence electrons. The maximum Gasteiger partial charge on any atom is 0.573 e. The summed E-state index contributed by atoms with van der Waals surface area (Å²) in [5.41, 5.74) is 0.471. The molecule has 3 rings (SSSR count). The Balaban J connectivity index is 1.64. The Labute approximate surface area is 139 Å². The number of benzene rings is 1. The van der Waals surface area contributed by atoms with Gasteiger partial charge < -0.3 is 15.0 Å². The fourth-order valence-corrected chi connectivity index (χ4v) is 3.54. The van der Waals surface area contributed by atoms with Crippen molar-refractivity contribution in [1.82, 2.24) is 10.2 Å². The smallest absolute Gasteiger partial charge is 0.405 e. The monoisotopic (exact) mass is 342 g/mol. The molecule has 1 aromatic carbocycles. The van der Waals surface area contributed by atoms with E-state index in [1.807, 2.05) is 11.9 Å². The molecule has 0 spiro atoms. The highest BCUT2D eigenvalue weighted by Crippen LogP contribution is 2.52. The van der Waals surface area contributed by atoms with Crippen LogP contribution in [-0.2, 0) is 4.79 Å². The van der Waals surface area contributed by atoms with Gasteiger partial charge in [0, 0.05) is 19.0 Å². The maximum absolute atomic E-state index is 12.6. The first-order valence-corrected chi connectivity index (χ1v) is 8.17. The number of carbonyl (C=O) groups is 1. The topological polar surface area (TPSA) is 41.6 Å². The zero-order valence-electron chi connectivity index (χ0n) is 13.5. The van der Waals surface area contributed by atoms with Gasteiger partial charge in [-0.3, -0.25) is 4.79 Å². The second-order valence-electron chi connectivity index (χ2n) is 6.53. The molecule has 1 saturated heterocycles. The van der Waals surface area contributed by atoms with Crippen LogP contribution in [0.4, 0.5) is 13.2 Å². The lowest BCUT2D eigenvalue weighted by atomic mass is 10.1. The third-order valence-electron chi connectivity index (χ3n) is 4.74. The molecule has 1 aliphatic heterocycles. The summed E-state index contributed by atoms with van der Waals surface area (Å²) in [6.45, 7) is 2.33. The maximum atomic E-state index is 12.6. The number of nitrogens with zero attached hydrogens (tertiary/aromatic N) is 1. The molecular formula is C17H21F3N2O2. The first-order chi connectivity index (χ1) is 11.4. The molecule has 3 atom stereocenters. The molecule has 0 bridgehead atoms. The Morgan fingerprint density at radius 2 is 2.12 bits per heavy atom. The Morgan fingerprint density at radius 3 is 2.83 bits per heavy atom. The van der Waals surface area contributed by atoms with Crippen LogP contribution in [0.1, 0.15) is 24.3 Å². The van der Waals surface area contributed by atoms with Crippen molar-refractivity contribution in [3.05, 3.63) is 29.8 Å². The molecule has 1 aliphatic carbocycles. The van der Waals surface area contributed by atoms with E-state index in [0.29, 0.717) is 17.9 Å². The third kappa shape index (κ3) is 3.83. The number of hydrogen-bond donors (Lipinski definition) is 1. The standard InChI is InChI=1S/C17H21F3N2O2/c1-21-9-11-6-7-22(10-11)16(23)14-8-13(14)12-4-2-3-5-15(12)24-17(18,19)20/h2-5,11,13-14,21H,6-10H2,1H3. The lowest BCUT2D eigenvalue weighted by Crippen LogP contribution is -2.31. The summed E-state index contributed by atoms with van der Waals surface area (Å²) in [7, 11) is 1.89. The lowest BCUT2D eigenvalue weighted by molar-refractivity contribution is -0.274. The van der Waals surface area contributed by atoms with E-state index in [1.54, 1.807) is 12.1 Å². The minimum Gasteiger partial charge on any atom is -0.405 e. The van der Waals surface area contributed by atoms with Crippen molar-refractivity contribution in [3.8, 4) is 5.75 Å². The van der Waals surface area contributed by atoms with E-state index in [4.69, 9.17) is 0 Å². The average Bonchev–Trinajstić information content (AvgIpc) is 3.17. The Hall–Kier alpha value is -1.76. The highest BCUT2D eigenvalue weighted by Gasteiger charge is 2.48. The van der Waals surface area contributed by atoms with Crippen LogP contribution in [0.3, 0.4) is 0 Å². The molecule has 1 aromatic rings. The van der Waals surface area contributed by atoms with Crippen LogP contribution in [0.15, 0.2) is 24.3 Å². The van der Waals surface area contributed by atoms with E-state index in [2.05, 4.69) is 10.1 Å². The van der Waals surface area contributed by atoms with Crippen LogP contribution in [-0.4, -0.2) is 43.9 Å². The number of hydrogen-bond acceptors (Lipinski definition) is 3. The Morgan fingerprint density at radius 1 is 1.38 bits per heavy atom. The zero-order chi connectivity index (χ0) is 17.3. The van der Waals surface area contributed by atoms with Crippen LogP contribution in [0.2, 0.25) is 0 Å². The molecule has 7 heteroatoms. The van der Waals surface area contributed by atoms with Gasteiger partial charge >= 0.3 is 6.36 Å². The van der Waals surface area contributed by atoms with Crippen LogP contribution in [0, 0.1) is 11.8 Å². The molecule has 3 unspecified atom stereocenters. The van der Waals surface area contributed by atoms with Crippen molar-refractivity contribution in [3.63, 3.8) is 0 Å². The summed E-state index contributed by atoms with van der Waals surface area (Å²) >= 11 is 0. The molecule has 2 fully saturated rings. The van der Waals surface area contributed by atoms with Crippen molar-refractivity contribution in [1.29, 1.82) is 0 Å². The predicted molar refractivity (Wildman–Crippen MR) is 82.6 cm³/mol. The van der Waals surface area contributed by atoms with Crippen LogP contribution >= 0.6 is 0 Å². The molecule has 1 heterocycles. The number of carbonyl (C=O) groups excluding carboxylic acids is 1. The quantitative estimate of drug-likeness (QED) is 0.895. The van der Waals surface area contributed by atoms with E-state index < -0.39 is 6.36 Å². The second-order valence-corrected chi connectivity index (χ2v) is 6.53. The molecule has 24 heavy (non-hydrogen) atoms. The van der Waals surface area contributed by atoms with Gasteiger partial charge in [0.05, 0.1) is 0 Å². The summed E-state index contributed by atoms with van der Waals surface area (Å²) in [5, 5.41) is 3.12. The number of rotatable bonds is 5. The Kier molecular flexibility index (Phi) is 4.71. The molecule has 1 amide bonds. The number of para-hydroxylation sites is 1. The fourth-order valence-electron chi connectivity index (χ4n) is 3.54. The van der Waals surface area contributed by atoms with Crippen molar-refractivity contribution in [2.24, 2.45) is 11.8 Å². The average molecular weight is 342 g/mol. The molecule has 4 nitrogen and oxygen atoms in total. The number of halogens is 3. The molecule has 0 radical (unpaired) electrons. The number of alkyl halides is 3. The van der Waals surface area contributed by atoms with E-state index in [1.165, 1.54) is 12.1 Å².